The summed E-state index contributed by atoms with van der Waals surface area (Å²) in [7, 11) is 0. The maximum atomic E-state index is 12.1. The molecule has 138 valence electrons. The third-order valence-electron chi connectivity index (χ3n) is 3.54. The first-order valence-corrected chi connectivity index (χ1v) is 8.42. The van der Waals surface area contributed by atoms with Gasteiger partial charge in [-0.1, -0.05) is 23.2 Å². The van der Waals surface area contributed by atoms with Crippen LogP contribution in [0.2, 0.25) is 10.0 Å². The summed E-state index contributed by atoms with van der Waals surface area (Å²) in [5, 5.41) is 23.3. The van der Waals surface area contributed by atoms with Gasteiger partial charge in [0.1, 0.15) is 5.75 Å². The number of halogens is 2. The molecular formula is C18H18Cl2N2O4. The Morgan fingerprint density at radius 2 is 1.81 bits per heavy atom. The lowest BCUT2D eigenvalue weighted by Gasteiger charge is -2.17. The van der Waals surface area contributed by atoms with E-state index >= 15 is 0 Å². The molecule has 1 amide bonds. The monoisotopic (exact) mass is 396 g/mol. The van der Waals surface area contributed by atoms with Crippen LogP contribution in [0.15, 0.2) is 29.4 Å². The SMILES string of the molecule is Cc1cc(Cl)cc(C)c1O[C@@H](C)C(=O)N/N=C/c1cc(O)c(O)c(Cl)c1. The number of rotatable bonds is 5. The lowest BCUT2D eigenvalue weighted by Crippen LogP contribution is -2.33. The van der Waals surface area contributed by atoms with Gasteiger partial charge in [-0.3, -0.25) is 4.79 Å². The lowest BCUT2D eigenvalue weighted by molar-refractivity contribution is -0.127. The van der Waals surface area contributed by atoms with Crippen LogP contribution in [-0.2, 0) is 4.79 Å². The van der Waals surface area contributed by atoms with Crippen molar-refractivity contribution in [1.82, 2.24) is 5.43 Å². The average Bonchev–Trinajstić information content (AvgIpc) is 2.55. The fourth-order valence-electron chi connectivity index (χ4n) is 2.25. The van der Waals surface area contributed by atoms with Crippen molar-refractivity contribution in [2.24, 2.45) is 5.10 Å². The van der Waals surface area contributed by atoms with Gasteiger partial charge in [0.25, 0.3) is 5.91 Å². The Morgan fingerprint density at radius 3 is 2.38 bits per heavy atom. The van der Waals surface area contributed by atoms with E-state index in [4.69, 9.17) is 27.9 Å². The third-order valence-corrected chi connectivity index (χ3v) is 4.05. The largest absolute Gasteiger partial charge is 0.504 e. The van der Waals surface area contributed by atoms with Crippen LogP contribution >= 0.6 is 23.2 Å². The molecule has 0 unspecified atom stereocenters. The van der Waals surface area contributed by atoms with Gasteiger partial charge in [0.15, 0.2) is 17.6 Å². The van der Waals surface area contributed by atoms with Gasteiger partial charge in [-0.05, 0) is 61.7 Å². The van der Waals surface area contributed by atoms with E-state index in [9.17, 15) is 15.0 Å². The summed E-state index contributed by atoms with van der Waals surface area (Å²) >= 11 is 11.7. The average molecular weight is 397 g/mol. The van der Waals surface area contributed by atoms with Gasteiger partial charge >= 0.3 is 0 Å². The molecule has 2 rings (SSSR count). The summed E-state index contributed by atoms with van der Waals surface area (Å²) in [4.78, 5) is 12.1. The molecule has 0 aromatic heterocycles. The second-order valence-electron chi connectivity index (χ2n) is 5.73. The van der Waals surface area contributed by atoms with Gasteiger partial charge in [-0.2, -0.15) is 5.10 Å². The molecule has 2 aromatic carbocycles. The number of phenolic OH excluding ortho intramolecular Hbond substituents is 2. The number of carbonyl (C=O) groups excluding carboxylic acids is 1. The summed E-state index contributed by atoms with van der Waals surface area (Å²) in [6, 6.07) is 6.17. The number of carbonyl (C=O) groups is 1. The van der Waals surface area contributed by atoms with Crippen molar-refractivity contribution in [2.75, 3.05) is 0 Å². The third kappa shape index (κ3) is 4.80. The van der Waals surface area contributed by atoms with E-state index in [2.05, 4.69) is 10.5 Å². The minimum atomic E-state index is -0.789. The molecule has 26 heavy (non-hydrogen) atoms. The molecule has 2 aromatic rings. The number of nitrogens with zero attached hydrogens (tertiary/aromatic N) is 1. The molecular weight excluding hydrogens is 379 g/mol. The molecule has 0 spiro atoms. The summed E-state index contributed by atoms with van der Waals surface area (Å²) in [5.74, 6) is -0.653. The highest BCUT2D eigenvalue weighted by atomic mass is 35.5. The van der Waals surface area contributed by atoms with E-state index < -0.39 is 17.8 Å². The van der Waals surface area contributed by atoms with Gasteiger partial charge in [-0.25, -0.2) is 5.43 Å². The summed E-state index contributed by atoms with van der Waals surface area (Å²) in [6.07, 6.45) is 0.497. The first-order chi connectivity index (χ1) is 12.2. The van der Waals surface area contributed by atoms with Crippen molar-refractivity contribution in [2.45, 2.75) is 26.9 Å². The van der Waals surface area contributed by atoms with Crippen molar-refractivity contribution < 1.29 is 19.7 Å². The second-order valence-corrected chi connectivity index (χ2v) is 6.58. The number of hydrogen-bond donors (Lipinski definition) is 3. The van der Waals surface area contributed by atoms with Gasteiger partial charge < -0.3 is 14.9 Å². The number of aromatic hydroxyl groups is 2. The van der Waals surface area contributed by atoms with Gasteiger partial charge in [0, 0.05) is 5.02 Å². The van der Waals surface area contributed by atoms with E-state index in [1.165, 1.54) is 18.3 Å². The first kappa shape index (κ1) is 19.9. The Labute approximate surface area is 161 Å². The highest BCUT2D eigenvalue weighted by Crippen LogP contribution is 2.33. The topological polar surface area (TPSA) is 91.2 Å². The highest BCUT2D eigenvalue weighted by Gasteiger charge is 2.17. The Hall–Kier alpha value is -2.44. The fourth-order valence-corrected chi connectivity index (χ4v) is 2.80. The Bertz CT molecular complexity index is 822. The van der Waals surface area contributed by atoms with Crippen LogP contribution in [0, 0.1) is 13.8 Å². The van der Waals surface area contributed by atoms with E-state index in [0.29, 0.717) is 16.3 Å². The molecule has 0 bridgehead atoms. The van der Waals surface area contributed by atoms with Crippen molar-refractivity contribution >= 4 is 35.3 Å². The molecule has 0 radical (unpaired) electrons. The van der Waals surface area contributed by atoms with Gasteiger partial charge in [0.05, 0.1) is 11.2 Å². The van der Waals surface area contributed by atoms with Crippen LogP contribution in [0.5, 0.6) is 17.2 Å². The highest BCUT2D eigenvalue weighted by molar-refractivity contribution is 6.32. The van der Waals surface area contributed by atoms with Crippen LogP contribution in [-0.4, -0.2) is 28.4 Å². The van der Waals surface area contributed by atoms with Crippen LogP contribution < -0.4 is 10.2 Å². The molecule has 3 N–H and O–H groups in total. The van der Waals surface area contributed by atoms with Gasteiger partial charge in [0.2, 0.25) is 0 Å². The van der Waals surface area contributed by atoms with Crippen LogP contribution in [0.4, 0.5) is 0 Å². The minimum absolute atomic E-state index is 0.0248. The number of nitrogens with one attached hydrogen (secondary N) is 1. The maximum absolute atomic E-state index is 12.1. The Balaban J connectivity index is 2.02. The predicted molar refractivity (Wildman–Crippen MR) is 102 cm³/mol. The van der Waals surface area contributed by atoms with Crippen LogP contribution in [0.1, 0.15) is 23.6 Å². The molecule has 6 nitrogen and oxygen atoms in total. The molecule has 0 aliphatic rings. The number of phenols is 2. The zero-order valence-corrected chi connectivity index (χ0v) is 15.9. The quantitative estimate of drug-likeness (QED) is 0.405. The van der Waals surface area contributed by atoms with Crippen molar-refractivity contribution in [3.05, 3.63) is 51.0 Å². The number of hydrogen-bond acceptors (Lipinski definition) is 5. The zero-order chi connectivity index (χ0) is 19.4. The number of ether oxygens (including phenoxy) is 1. The molecule has 0 heterocycles. The Morgan fingerprint density at radius 1 is 1.19 bits per heavy atom. The first-order valence-electron chi connectivity index (χ1n) is 7.67. The van der Waals surface area contributed by atoms with Crippen molar-refractivity contribution in [1.29, 1.82) is 0 Å². The fraction of sp³-hybridized carbons (Fsp3) is 0.222. The molecule has 0 saturated heterocycles. The Kier molecular flexibility index (Phi) is 6.34. The lowest BCUT2D eigenvalue weighted by atomic mass is 10.1. The maximum Gasteiger partial charge on any atom is 0.280 e. The number of benzene rings is 2. The number of amides is 1. The molecule has 0 saturated carbocycles. The van der Waals surface area contributed by atoms with E-state index in [1.54, 1.807) is 19.1 Å². The summed E-state index contributed by atoms with van der Waals surface area (Å²) in [5.41, 5.74) is 4.41. The standard InChI is InChI=1S/C18H18Cl2N2O4/c1-9-4-13(19)5-10(2)17(9)26-11(3)18(25)22-21-8-12-6-14(20)16(24)15(23)7-12/h4-8,11,23-24H,1-3H3,(H,22,25)/b21-8+/t11-/m0/s1. The molecule has 0 fully saturated rings. The second kappa shape index (κ2) is 8.29. The normalized spacial score (nSPS) is 12.2. The van der Waals surface area contributed by atoms with Crippen molar-refractivity contribution in [3.8, 4) is 17.2 Å². The summed E-state index contributed by atoms with van der Waals surface area (Å²) in [6.45, 7) is 5.29. The number of hydrazone groups is 1. The van der Waals surface area contributed by atoms with Crippen molar-refractivity contribution in [3.63, 3.8) is 0 Å². The minimum Gasteiger partial charge on any atom is -0.504 e. The molecule has 0 aliphatic carbocycles. The molecule has 1 atom stereocenters. The molecule has 0 aliphatic heterocycles. The number of aryl methyl sites for hydroxylation is 2. The zero-order valence-electron chi connectivity index (χ0n) is 14.4. The van der Waals surface area contributed by atoms with E-state index in [1.807, 2.05) is 13.8 Å². The van der Waals surface area contributed by atoms with Crippen LogP contribution in [0.3, 0.4) is 0 Å². The van der Waals surface area contributed by atoms with Gasteiger partial charge in [-0.15, -0.1) is 0 Å². The van der Waals surface area contributed by atoms with E-state index in [-0.39, 0.29) is 10.8 Å². The summed E-state index contributed by atoms with van der Waals surface area (Å²) < 4.78 is 5.71. The van der Waals surface area contributed by atoms with E-state index in [0.717, 1.165) is 11.1 Å². The molecule has 8 heteroatoms. The predicted octanol–water partition coefficient (Wildman–Crippen LogP) is 3.94. The van der Waals surface area contributed by atoms with Crippen LogP contribution in [0.25, 0.3) is 0 Å². The smallest absolute Gasteiger partial charge is 0.280 e.